The van der Waals surface area contributed by atoms with E-state index in [4.69, 9.17) is 66.3 Å². The average Bonchev–Trinajstić information content (AvgIpc) is 3.37. The largest absolute Gasteiger partial charge is 0.449 e. The van der Waals surface area contributed by atoms with Gasteiger partial charge in [0.05, 0.1) is 191 Å². The molecule has 0 radical (unpaired) electrons. The Hall–Kier alpha value is -4.43. The van der Waals surface area contributed by atoms with Crippen molar-refractivity contribution >= 4 is 41.5 Å². The highest BCUT2D eigenvalue weighted by Crippen LogP contribution is 2.12. The van der Waals surface area contributed by atoms with Crippen LogP contribution in [0.1, 0.15) is 27.2 Å². The highest BCUT2D eigenvalue weighted by Gasteiger charge is 2.21. The molecular weight excluding hydrogens is 987 g/mol. The number of nitrogens with one attached hydrogen (secondary N) is 7. The first-order valence-corrected chi connectivity index (χ1v) is 24.6. The van der Waals surface area contributed by atoms with Crippen LogP contribution in [0.4, 0.5) is 4.79 Å². The number of alkyl carbamates (subject to hydrolysis) is 1. The molecule has 0 bridgehead atoms. The van der Waals surface area contributed by atoms with Gasteiger partial charge in [-0.1, -0.05) is 20.8 Å². The fraction of sp³-hybridized carbons (Fsp3) is 0.848. The van der Waals surface area contributed by atoms with Crippen LogP contribution in [0.3, 0.4) is 0 Å². The molecule has 432 valence electrons. The molecule has 0 aliphatic carbocycles. The van der Waals surface area contributed by atoms with Gasteiger partial charge in [0.2, 0.25) is 35.4 Å². The molecule has 1 atom stereocenters. The van der Waals surface area contributed by atoms with Gasteiger partial charge in [0, 0.05) is 33.7 Å². The van der Waals surface area contributed by atoms with Gasteiger partial charge in [-0.15, -0.1) is 0 Å². The number of amides is 7. The molecule has 28 nitrogen and oxygen atoms in total. The Morgan fingerprint density at radius 1 is 0.365 bits per heavy atom. The van der Waals surface area contributed by atoms with Crippen LogP contribution in [-0.4, -0.2) is 266 Å². The van der Waals surface area contributed by atoms with Gasteiger partial charge < -0.3 is 104 Å². The van der Waals surface area contributed by atoms with Gasteiger partial charge in [0.25, 0.3) is 0 Å². The van der Waals surface area contributed by atoms with E-state index in [0.717, 1.165) is 0 Å². The van der Waals surface area contributed by atoms with Crippen molar-refractivity contribution in [2.75, 3.05) is 219 Å². The molecule has 0 saturated heterocycles. The highest BCUT2D eigenvalue weighted by molar-refractivity contribution is 5.92. The monoisotopic (exact) mass is 1070 g/mol. The second-order valence-corrected chi connectivity index (χ2v) is 16.5. The summed E-state index contributed by atoms with van der Waals surface area (Å²) < 4.78 is 74.9. The zero-order chi connectivity index (χ0) is 54.6. The lowest BCUT2D eigenvalue weighted by Gasteiger charge is -2.18. The summed E-state index contributed by atoms with van der Waals surface area (Å²) in [7, 11) is 2.99. The third-order valence-corrected chi connectivity index (χ3v) is 8.72. The molecular formula is C46H87N7O21. The lowest BCUT2D eigenvalue weighted by atomic mass is 9.99. The number of rotatable bonds is 52. The summed E-state index contributed by atoms with van der Waals surface area (Å²) in [5, 5.41) is 16.8. The van der Waals surface area contributed by atoms with Gasteiger partial charge in [-0.05, 0) is 5.41 Å². The van der Waals surface area contributed by atoms with E-state index in [-0.39, 0.29) is 51.4 Å². The number of hydrogen-bond acceptors (Lipinski definition) is 21. The summed E-state index contributed by atoms with van der Waals surface area (Å²) in [6, 6.07) is -1.06. The van der Waals surface area contributed by atoms with Crippen molar-refractivity contribution < 1.29 is 99.9 Å². The van der Waals surface area contributed by atoms with Crippen LogP contribution in [0.5, 0.6) is 0 Å². The van der Waals surface area contributed by atoms with Crippen LogP contribution in [0.25, 0.3) is 0 Å². The Labute approximate surface area is 435 Å². The SMILES string of the molecule is COCCOCCOCCOCCOCCOCCOCCOCCOCCOCCOCCOCCNC(=O)C(COC)NC(=O)CNC(=O)CNC(=O)CNC(=O)CNC(=O)CCNC(=O)OCC(C)(C)C. The molecule has 7 amide bonds. The van der Waals surface area contributed by atoms with Gasteiger partial charge in [0.15, 0.2) is 0 Å². The molecule has 0 aromatic rings. The van der Waals surface area contributed by atoms with E-state index >= 15 is 0 Å². The molecule has 7 N–H and O–H groups in total. The molecule has 0 rings (SSSR count). The van der Waals surface area contributed by atoms with E-state index < -0.39 is 73.8 Å². The first kappa shape index (κ1) is 69.6. The predicted molar refractivity (Wildman–Crippen MR) is 263 cm³/mol. The quantitative estimate of drug-likeness (QED) is 0.0293. The third kappa shape index (κ3) is 51.1. The second-order valence-electron chi connectivity index (χ2n) is 16.5. The fourth-order valence-corrected chi connectivity index (χ4v) is 5.01. The summed E-state index contributed by atoms with van der Waals surface area (Å²) in [5.74, 6) is -3.81. The molecule has 0 heterocycles. The average molecular weight is 1070 g/mol. The van der Waals surface area contributed by atoms with E-state index in [1.165, 1.54) is 7.11 Å². The first-order valence-electron chi connectivity index (χ1n) is 24.6. The minimum Gasteiger partial charge on any atom is -0.449 e. The second kappa shape index (κ2) is 50.7. The Balaban J connectivity index is 3.67. The summed E-state index contributed by atoms with van der Waals surface area (Å²) in [6.07, 6.45) is -0.761. The van der Waals surface area contributed by atoms with Crippen molar-refractivity contribution in [2.24, 2.45) is 5.41 Å². The van der Waals surface area contributed by atoms with E-state index in [2.05, 4.69) is 37.2 Å². The minimum atomic E-state index is -1.06. The standard InChI is InChI=1S/C46H87N7O21/c1-46(2,3)37-74-45(60)48-7-6-39(54)49-32-40(55)50-33-41(56)51-34-42(57)52-35-43(58)53-38(36-62-5)44(59)47-8-9-63-12-13-65-16-17-67-20-21-69-24-25-71-28-29-73-31-30-72-27-26-70-23-22-68-19-18-66-15-14-64-11-10-61-4/h38H,6-37H2,1-5H3,(H,47,59)(H,48,60)(H,49,54)(H,50,55)(H,51,56)(H,52,57)(H,53,58). The topological polar surface area (TPSA) is 333 Å². The fourth-order valence-electron chi connectivity index (χ4n) is 5.01. The summed E-state index contributed by atoms with van der Waals surface area (Å²) in [6.45, 7) is 14.2. The maximum absolute atomic E-state index is 12.6. The normalized spacial score (nSPS) is 11.6. The Bertz CT molecular complexity index is 1450. The van der Waals surface area contributed by atoms with Gasteiger partial charge >= 0.3 is 6.09 Å². The van der Waals surface area contributed by atoms with E-state index in [1.54, 1.807) is 7.11 Å². The maximum atomic E-state index is 12.6. The van der Waals surface area contributed by atoms with Crippen LogP contribution in [0, 0.1) is 5.41 Å². The molecule has 0 aromatic heterocycles. The molecule has 0 saturated carbocycles. The van der Waals surface area contributed by atoms with E-state index in [1.807, 2.05) is 20.8 Å². The van der Waals surface area contributed by atoms with Crippen molar-refractivity contribution in [3.63, 3.8) is 0 Å². The summed E-state index contributed by atoms with van der Waals surface area (Å²) in [4.78, 5) is 84.8. The van der Waals surface area contributed by atoms with E-state index in [0.29, 0.717) is 139 Å². The lowest BCUT2D eigenvalue weighted by molar-refractivity contribution is -0.131. The Kier molecular flexibility index (Phi) is 47.7. The number of carbonyl (C=O) groups excluding carboxylic acids is 7. The molecule has 0 aliphatic rings. The predicted octanol–water partition coefficient (Wildman–Crippen LogP) is -3.31. The Morgan fingerprint density at radius 2 is 0.689 bits per heavy atom. The molecule has 28 heteroatoms. The van der Waals surface area contributed by atoms with Crippen molar-refractivity contribution in [1.29, 1.82) is 0 Å². The minimum absolute atomic E-state index is 0.00135. The number of hydrogen-bond donors (Lipinski definition) is 7. The number of carbonyl (C=O) groups is 7. The van der Waals surface area contributed by atoms with Gasteiger partial charge in [-0.25, -0.2) is 4.79 Å². The van der Waals surface area contributed by atoms with Crippen LogP contribution in [-0.2, 0) is 95.1 Å². The van der Waals surface area contributed by atoms with Gasteiger partial charge in [-0.3, -0.25) is 28.8 Å². The zero-order valence-corrected chi connectivity index (χ0v) is 44.3. The van der Waals surface area contributed by atoms with Crippen LogP contribution >= 0.6 is 0 Å². The molecule has 74 heavy (non-hydrogen) atoms. The van der Waals surface area contributed by atoms with E-state index in [9.17, 15) is 33.6 Å². The molecule has 0 fully saturated rings. The zero-order valence-electron chi connectivity index (χ0n) is 44.3. The van der Waals surface area contributed by atoms with Crippen molar-refractivity contribution in [1.82, 2.24) is 37.2 Å². The van der Waals surface area contributed by atoms with Crippen molar-refractivity contribution in [3.8, 4) is 0 Å². The lowest BCUT2D eigenvalue weighted by Crippen LogP contribution is -2.52. The number of methoxy groups -OCH3 is 2. The van der Waals surface area contributed by atoms with Crippen LogP contribution in [0.2, 0.25) is 0 Å². The van der Waals surface area contributed by atoms with Crippen LogP contribution < -0.4 is 37.2 Å². The van der Waals surface area contributed by atoms with Crippen molar-refractivity contribution in [2.45, 2.75) is 33.2 Å². The highest BCUT2D eigenvalue weighted by atomic mass is 16.6. The summed E-state index contributed by atoms with van der Waals surface area (Å²) >= 11 is 0. The van der Waals surface area contributed by atoms with Gasteiger partial charge in [0.1, 0.15) is 6.04 Å². The smallest absolute Gasteiger partial charge is 0.407 e. The summed E-state index contributed by atoms with van der Waals surface area (Å²) in [5.41, 5.74) is -0.207. The van der Waals surface area contributed by atoms with Crippen LogP contribution in [0.15, 0.2) is 0 Å². The maximum Gasteiger partial charge on any atom is 0.407 e. The molecule has 0 spiro atoms. The molecule has 0 aromatic carbocycles. The first-order chi connectivity index (χ1) is 35.8. The molecule has 0 aliphatic heterocycles. The van der Waals surface area contributed by atoms with Gasteiger partial charge in [-0.2, -0.15) is 0 Å². The molecule has 1 unspecified atom stereocenters. The Morgan fingerprint density at radius 3 is 1.03 bits per heavy atom. The van der Waals surface area contributed by atoms with Crippen molar-refractivity contribution in [3.05, 3.63) is 0 Å². The third-order valence-electron chi connectivity index (χ3n) is 8.72. The number of ether oxygens (including phenoxy) is 14.